The number of hydrogen-bond donors (Lipinski definition) is 1. The van der Waals surface area contributed by atoms with Gasteiger partial charge in [0.15, 0.2) is 0 Å². The van der Waals surface area contributed by atoms with Crippen LogP contribution in [0.4, 0.5) is 5.69 Å². The maximum absolute atomic E-state index is 6.01. The van der Waals surface area contributed by atoms with Gasteiger partial charge in [-0.05, 0) is 18.2 Å². The van der Waals surface area contributed by atoms with E-state index in [0.717, 1.165) is 31.5 Å². The number of aromatic nitrogens is 1. The number of halogens is 1. The largest absolute Gasteiger partial charge is 0.398 e. The zero-order valence-corrected chi connectivity index (χ0v) is 14.3. The maximum Gasteiger partial charge on any atom is 0.123 e. The van der Waals surface area contributed by atoms with Crippen molar-refractivity contribution in [3.8, 4) is 10.6 Å². The van der Waals surface area contributed by atoms with Crippen molar-refractivity contribution in [2.24, 2.45) is 0 Å². The number of thiazole rings is 1. The van der Waals surface area contributed by atoms with E-state index in [9.17, 15) is 0 Å². The molecular formula is C16H13BrN2S2. The van der Waals surface area contributed by atoms with E-state index in [2.05, 4.69) is 33.4 Å². The van der Waals surface area contributed by atoms with Gasteiger partial charge in [0.05, 0.1) is 5.69 Å². The lowest BCUT2D eigenvalue weighted by Crippen LogP contribution is -1.89. The van der Waals surface area contributed by atoms with Crippen LogP contribution in [0.2, 0.25) is 0 Å². The van der Waals surface area contributed by atoms with Gasteiger partial charge in [-0.1, -0.05) is 46.3 Å². The summed E-state index contributed by atoms with van der Waals surface area (Å²) >= 11 is 6.82. The number of anilines is 1. The van der Waals surface area contributed by atoms with Crippen molar-refractivity contribution in [2.45, 2.75) is 10.6 Å². The molecule has 0 atom stereocenters. The predicted octanol–water partition coefficient (Wildman–Crippen LogP) is 5.45. The molecule has 0 aliphatic rings. The molecule has 2 nitrogen and oxygen atoms in total. The lowest BCUT2D eigenvalue weighted by atomic mass is 10.2. The Labute approximate surface area is 140 Å². The van der Waals surface area contributed by atoms with Crippen LogP contribution < -0.4 is 5.73 Å². The molecule has 0 aliphatic carbocycles. The van der Waals surface area contributed by atoms with Gasteiger partial charge in [-0.25, -0.2) is 4.98 Å². The number of nitrogen functional groups attached to an aromatic ring is 1. The first-order valence-corrected chi connectivity index (χ1v) is 9.06. The number of thioether (sulfide) groups is 1. The number of benzene rings is 2. The van der Waals surface area contributed by atoms with E-state index in [0.29, 0.717) is 0 Å². The van der Waals surface area contributed by atoms with Crippen LogP contribution >= 0.6 is 39.0 Å². The third-order valence-corrected chi connectivity index (χ3v) is 5.48. The van der Waals surface area contributed by atoms with Crippen LogP contribution in [0.1, 0.15) is 5.69 Å². The van der Waals surface area contributed by atoms with E-state index >= 15 is 0 Å². The van der Waals surface area contributed by atoms with Gasteiger partial charge in [0.1, 0.15) is 5.01 Å². The molecule has 1 aromatic heterocycles. The Bertz CT molecular complexity index is 741. The fourth-order valence-electron chi connectivity index (χ4n) is 1.89. The number of hydrogen-bond acceptors (Lipinski definition) is 4. The molecule has 1 heterocycles. The summed E-state index contributed by atoms with van der Waals surface area (Å²) in [5.41, 5.74) is 9.07. The average molecular weight is 377 g/mol. The van der Waals surface area contributed by atoms with Crippen molar-refractivity contribution in [2.75, 3.05) is 5.73 Å². The molecule has 0 amide bonds. The molecule has 0 unspecified atom stereocenters. The van der Waals surface area contributed by atoms with Crippen molar-refractivity contribution in [1.82, 2.24) is 4.98 Å². The molecule has 0 saturated heterocycles. The van der Waals surface area contributed by atoms with E-state index < -0.39 is 0 Å². The molecule has 5 heteroatoms. The van der Waals surface area contributed by atoms with Crippen LogP contribution in [0.3, 0.4) is 0 Å². The monoisotopic (exact) mass is 376 g/mol. The standard InChI is InChI=1S/C16H13BrN2S2/c17-12-6-7-15(14(18)8-12)20-9-13-10-21-16(19-13)11-4-2-1-3-5-11/h1-8,10H,9,18H2. The summed E-state index contributed by atoms with van der Waals surface area (Å²) in [6, 6.07) is 16.2. The highest BCUT2D eigenvalue weighted by Crippen LogP contribution is 2.31. The van der Waals surface area contributed by atoms with Crippen LogP contribution in [0.5, 0.6) is 0 Å². The summed E-state index contributed by atoms with van der Waals surface area (Å²) in [4.78, 5) is 5.78. The van der Waals surface area contributed by atoms with Crippen LogP contribution in [-0.4, -0.2) is 4.98 Å². The van der Waals surface area contributed by atoms with E-state index in [1.807, 2.05) is 36.4 Å². The van der Waals surface area contributed by atoms with Crippen molar-refractivity contribution in [3.63, 3.8) is 0 Å². The highest BCUT2D eigenvalue weighted by atomic mass is 79.9. The molecule has 21 heavy (non-hydrogen) atoms. The predicted molar refractivity (Wildman–Crippen MR) is 95.7 cm³/mol. The Morgan fingerprint density at radius 3 is 2.71 bits per heavy atom. The van der Waals surface area contributed by atoms with E-state index in [4.69, 9.17) is 10.7 Å². The molecule has 2 aromatic carbocycles. The van der Waals surface area contributed by atoms with Gasteiger partial charge in [-0.2, -0.15) is 0 Å². The molecule has 0 saturated carbocycles. The quantitative estimate of drug-likeness (QED) is 0.486. The summed E-state index contributed by atoms with van der Waals surface area (Å²) in [7, 11) is 0. The smallest absolute Gasteiger partial charge is 0.123 e. The molecule has 0 spiro atoms. The maximum atomic E-state index is 6.01. The van der Waals surface area contributed by atoms with E-state index in [1.54, 1.807) is 23.1 Å². The van der Waals surface area contributed by atoms with Gasteiger partial charge in [-0.3, -0.25) is 0 Å². The fourth-order valence-corrected chi connectivity index (χ4v) is 4.04. The Kier molecular flexibility index (Phi) is 4.63. The second kappa shape index (κ2) is 6.64. The molecule has 3 aromatic rings. The molecule has 0 fully saturated rings. The van der Waals surface area contributed by atoms with E-state index in [-0.39, 0.29) is 0 Å². The summed E-state index contributed by atoms with van der Waals surface area (Å²) in [5.74, 6) is 0.829. The minimum Gasteiger partial charge on any atom is -0.398 e. The topological polar surface area (TPSA) is 38.9 Å². The zero-order chi connectivity index (χ0) is 14.7. The first-order chi connectivity index (χ1) is 10.2. The first-order valence-electron chi connectivity index (χ1n) is 6.40. The lowest BCUT2D eigenvalue weighted by Gasteiger charge is -2.04. The van der Waals surface area contributed by atoms with Crippen molar-refractivity contribution in [1.29, 1.82) is 0 Å². The summed E-state index contributed by atoms with van der Waals surface area (Å²) < 4.78 is 1.00. The Hall–Kier alpha value is -1.30. The summed E-state index contributed by atoms with van der Waals surface area (Å²) in [6.07, 6.45) is 0. The van der Waals surface area contributed by atoms with Crippen LogP contribution in [-0.2, 0) is 5.75 Å². The second-order valence-corrected chi connectivity index (χ2v) is 7.27. The van der Waals surface area contributed by atoms with Crippen LogP contribution in [0.25, 0.3) is 10.6 Å². The fraction of sp³-hybridized carbons (Fsp3) is 0.0625. The van der Waals surface area contributed by atoms with Gasteiger partial charge in [0.25, 0.3) is 0 Å². The Morgan fingerprint density at radius 1 is 1.14 bits per heavy atom. The first kappa shape index (κ1) is 14.6. The normalized spacial score (nSPS) is 10.7. The van der Waals surface area contributed by atoms with Gasteiger partial charge >= 0.3 is 0 Å². The lowest BCUT2D eigenvalue weighted by molar-refractivity contribution is 1.23. The van der Waals surface area contributed by atoms with Gasteiger partial charge in [0, 0.05) is 31.8 Å². The van der Waals surface area contributed by atoms with Gasteiger partial charge < -0.3 is 5.73 Å². The molecule has 2 N–H and O–H groups in total. The highest BCUT2D eigenvalue weighted by molar-refractivity contribution is 9.10. The molecule has 0 aliphatic heterocycles. The second-order valence-electron chi connectivity index (χ2n) is 4.48. The molecule has 0 radical (unpaired) electrons. The number of nitrogens with zero attached hydrogens (tertiary/aromatic N) is 1. The van der Waals surface area contributed by atoms with E-state index in [1.165, 1.54) is 5.56 Å². The molecule has 0 bridgehead atoms. The highest BCUT2D eigenvalue weighted by Gasteiger charge is 2.06. The van der Waals surface area contributed by atoms with Crippen LogP contribution in [0, 0.1) is 0 Å². The zero-order valence-electron chi connectivity index (χ0n) is 11.1. The van der Waals surface area contributed by atoms with Crippen molar-refractivity contribution < 1.29 is 0 Å². The molecule has 3 rings (SSSR count). The SMILES string of the molecule is Nc1cc(Br)ccc1SCc1csc(-c2ccccc2)n1. The summed E-state index contributed by atoms with van der Waals surface area (Å²) in [6.45, 7) is 0. The Morgan fingerprint density at radius 2 is 1.95 bits per heavy atom. The van der Waals surface area contributed by atoms with Crippen molar-refractivity contribution >= 4 is 44.7 Å². The average Bonchev–Trinajstić information content (AvgIpc) is 2.96. The van der Waals surface area contributed by atoms with Gasteiger partial charge in [0.2, 0.25) is 0 Å². The minimum atomic E-state index is 0.799. The van der Waals surface area contributed by atoms with Gasteiger partial charge in [-0.15, -0.1) is 23.1 Å². The third kappa shape index (κ3) is 3.67. The molecular weight excluding hydrogens is 364 g/mol. The minimum absolute atomic E-state index is 0.799. The Balaban J connectivity index is 1.70. The van der Waals surface area contributed by atoms with Crippen molar-refractivity contribution in [3.05, 3.63) is 64.1 Å². The third-order valence-electron chi connectivity index (χ3n) is 2.92. The number of nitrogens with two attached hydrogens (primary N) is 1. The number of rotatable bonds is 4. The molecule has 106 valence electrons. The summed E-state index contributed by atoms with van der Waals surface area (Å²) in [5, 5.41) is 3.18. The van der Waals surface area contributed by atoms with Crippen LogP contribution in [0.15, 0.2) is 63.3 Å².